The van der Waals surface area contributed by atoms with E-state index in [-0.39, 0.29) is 5.41 Å². The van der Waals surface area contributed by atoms with Gasteiger partial charge in [0.2, 0.25) is 0 Å². The van der Waals surface area contributed by atoms with Gasteiger partial charge in [0.05, 0.1) is 0 Å². The fraction of sp³-hybridized carbons (Fsp3) is 0.800. The summed E-state index contributed by atoms with van der Waals surface area (Å²) >= 11 is 0. The van der Waals surface area contributed by atoms with Gasteiger partial charge in [0, 0.05) is 6.61 Å². The third-order valence-corrected chi connectivity index (χ3v) is 2.78. The third-order valence-electron chi connectivity index (χ3n) is 2.78. The molecule has 0 unspecified atom stereocenters. The van der Waals surface area contributed by atoms with Gasteiger partial charge in [-0.3, -0.25) is 0 Å². The first-order valence-electron chi connectivity index (χ1n) is 4.35. The van der Waals surface area contributed by atoms with E-state index >= 15 is 0 Å². The molecule has 0 spiro atoms. The zero-order chi connectivity index (χ0) is 8.48. The van der Waals surface area contributed by atoms with E-state index in [1.807, 2.05) is 0 Å². The molecule has 0 saturated carbocycles. The van der Waals surface area contributed by atoms with Crippen molar-refractivity contribution < 1.29 is 5.11 Å². The molecule has 64 valence electrons. The zero-order valence-electron chi connectivity index (χ0n) is 7.72. The molecule has 0 amide bonds. The minimum Gasteiger partial charge on any atom is -0.396 e. The predicted octanol–water partition coefficient (Wildman–Crippen LogP) is 2.36. The quantitative estimate of drug-likeness (QED) is 0.575. The monoisotopic (exact) mass is 154 g/mol. The van der Waals surface area contributed by atoms with Crippen LogP contribution in [0.2, 0.25) is 0 Å². The fourth-order valence-corrected chi connectivity index (χ4v) is 1.93. The highest BCUT2D eigenvalue weighted by molar-refractivity contribution is 5.11. The van der Waals surface area contributed by atoms with E-state index in [4.69, 9.17) is 5.11 Å². The van der Waals surface area contributed by atoms with Crippen molar-refractivity contribution in [2.45, 2.75) is 33.6 Å². The Bertz CT molecular complexity index is 168. The molecule has 11 heavy (non-hydrogen) atoms. The number of rotatable bonds is 1. The molecule has 1 nitrogen and oxygen atoms in total. The average molecular weight is 154 g/mol. The van der Waals surface area contributed by atoms with Gasteiger partial charge in [0.1, 0.15) is 0 Å². The third kappa shape index (κ3) is 1.84. The van der Waals surface area contributed by atoms with E-state index in [0.717, 1.165) is 12.8 Å². The van der Waals surface area contributed by atoms with Crippen LogP contribution in [-0.2, 0) is 0 Å². The summed E-state index contributed by atoms with van der Waals surface area (Å²) in [5.74, 6) is 0.464. The number of allylic oxidation sites excluding steroid dienone is 2. The first kappa shape index (κ1) is 8.79. The van der Waals surface area contributed by atoms with Crippen molar-refractivity contribution >= 4 is 0 Å². The lowest BCUT2D eigenvalue weighted by Crippen LogP contribution is -2.28. The second-order valence-electron chi connectivity index (χ2n) is 4.23. The van der Waals surface area contributed by atoms with Crippen LogP contribution in [0.3, 0.4) is 0 Å². The standard InChI is InChI=1S/C10H18O/c1-8-4-5-9(7-11)10(2,3)6-8/h6,9,11H,4-5,7H2,1-3H3/t9-/m0/s1. The molecule has 0 radical (unpaired) electrons. The lowest BCUT2D eigenvalue weighted by Gasteiger charge is -2.35. The molecule has 0 aromatic rings. The van der Waals surface area contributed by atoms with Crippen LogP contribution in [0, 0.1) is 11.3 Å². The fourth-order valence-electron chi connectivity index (χ4n) is 1.93. The molecule has 1 N–H and O–H groups in total. The maximum atomic E-state index is 9.08. The second-order valence-corrected chi connectivity index (χ2v) is 4.23. The summed E-state index contributed by atoms with van der Waals surface area (Å²) in [6.07, 6.45) is 4.61. The van der Waals surface area contributed by atoms with Gasteiger partial charge in [-0.1, -0.05) is 25.5 Å². The van der Waals surface area contributed by atoms with Gasteiger partial charge in [-0.05, 0) is 31.1 Å². The topological polar surface area (TPSA) is 20.2 Å². The zero-order valence-corrected chi connectivity index (χ0v) is 7.72. The summed E-state index contributed by atoms with van der Waals surface area (Å²) in [5.41, 5.74) is 1.68. The van der Waals surface area contributed by atoms with Gasteiger partial charge in [-0.25, -0.2) is 0 Å². The molecule has 0 aliphatic heterocycles. The van der Waals surface area contributed by atoms with E-state index in [1.165, 1.54) is 5.57 Å². The van der Waals surface area contributed by atoms with Gasteiger partial charge in [-0.2, -0.15) is 0 Å². The van der Waals surface area contributed by atoms with Gasteiger partial charge in [0.25, 0.3) is 0 Å². The highest BCUT2D eigenvalue weighted by atomic mass is 16.3. The van der Waals surface area contributed by atoms with Crippen LogP contribution in [0.1, 0.15) is 33.6 Å². The van der Waals surface area contributed by atoms with Crippen molar-refractivity contribution in [1.29, 1.82) is 0 Å². The van der Waals surface area contributed by atoms with Crippen molar-refractivity contribution in [3.8, 4) is 0 Å². The Balaban J connectivity index is 2.76. The highest BCUT2D eigenvalue weighted by Crippen LogP contribution is 2.37. The van der Waals surface area contributed by atoms with Gasteiger partial charge < -0.3 is 5.11 Å². The molecule has 1 atom stereocenters. The first-order chi connectivity index (χ1) is 5.06. The molecule has 0 saturated heterocycles. The molecular weight excluding hydrogens is 136 g/mol. The van der Waals surface area contributed by atoms with Crippen LogP contribution in [0.5, 0.6) is 0 Å². The van der Waals surface area contributed by atoms with Gasteiger partial charge in [0.15, 0.2) is 0 Å². The molecule has 0 aromatic heterocycles. The average Bonchev–Trinajstić information content (AvgIpc) is 1.85. The van der Waals surface area contributed by atoms with Crippen molar-refractivity contribution in [2.24, 2.45) is 11.3 Å². The van der Waals surface area contributed by atoms with Crippen LogP contribution < -0.4 is 0 Å². The molecule has 1 rings (SSSR count). The molecule has 1 heteroatoms. The minimum absolute atomic E-state index is 0.205. The molecule has 0 bridgehead atoms. The van der Waals surface area contributed by atoms with Crippen LogP contribution in [0.4, 0.5) is 0 Å². The minimum atomic E-state index is 0.205. The van der Waals surface area contributed by atoms with Crippen LogP contribution in [0.25, 0.3) is 0 Å². The Morgan fingerprint density at radius 2 is 2.27 bits per heavy atom. The summed E-state index contributed by atoms with van der Waals surface area (Å²) < 4.78 is 0. The number of hydrogen-bond donors (Lipinski definition) is 1. The van der Waals surface area contributed by atoms with E-state index in [2.05, 4.69) is 26.8 Å². The van der Waals surface area contributed by atoms with E-state index in [9.17, 15) is 0 Å². The summed E-state index contributed by atoms with van der Waals surface area (Å²) in [6, 6.07) is 0. The summed E-state index contributed by atoms with van der Waals surface area (Å²) in [4.78, 5) is 0. The van der Waals surface area contributed by atoms with Crippen LogP contribution in [0.15, 0.2) is 11.6 Å². The highest BCUT2D eigenvalue weighted by Gasteiger charge is 2.29. The van der Waals surface area contributed by atoms with Crippen molar-refractivity contribution in [1.82, 2.24) is 0 Å². The lowest BCUT2D eigenvalue weighted by molar-refractivity contribution is 0.135. The Morgan fingerprint density at radius 3 is 2.73 bits per heavy atom. The SMILES string of the molecule is CC1=CC(C)(C)[C@H](CO)CC1. The summed E-state index contributed by atoms with van der Waals surface area (Å²) in [7, 11) is 0. The smallest absolute Gasteiger partial charge is 0.0467 e. The normalized spacial score (nSPS) is 29.8. The largest absolute Gasteiger partial charge is 0.396 e. The van der Waals surface area contributed by atoms with E-state index < -0.39 is 0 Å². The maximum Gasteiger partial charge on any atom is 0.0467 e. The molecule has 1 aliphatic carbocycles. The summed E-state index contributed by atoms with van der Waals surface area (Å²) in [6.45, 7) is 6.92. The van der Waals surface area contributed by atoms with Crippen molar-refractivity contribution in [3.63, 3.8) is 0 Å². The van der Waals surface area contributed by atoms with E-state index in [1.54, 1.807) is 0 Å². The maximum absolute atomic E-state index is 9.08. The second kappa shape index (κ2) is 2.98. The molecule has 0 aromatic carbocycles. The van der Waals surface area contributed by atoms with Crippen LogP contribution >= 0.6 is 0 Å². The first-order valence-corrected chi connectivity index (χ1v) is 4.35. The summed E-state index contributed by atoms with van der Waals surface area (Å²) in [5, 5.41) is 9.08. The Labute approximate surface area is 69.1 Å². The predicted molar refractivity (Wildman–Crippen MR) is 47.3 cm³/mol. The van der Waals surface area contributed by atoms with Gasteiger partial charge >= 0.3 is 0 Å². The van der Waals surface area contributed by atoms with Crippen LogP contribution in [-0.4, -0.2) is 11.7 Å². The van der Waals surface area contributed by atoms with E-state index in [0.29, 0.717) is 12.5 Å². The Kier molecular flexibility index (Phi) is 2.38. The molecule has 0 heterocycles. The Morgan fingerprint density at radius 1 is 1.64 bits per heavy atom. The van der Waals surface area contributed by atoms with Gasteiger partial charge in [-0.15, -0.1) is 0 Å². The number of aliphatic hydroxyl groups is 1. The molecular formula is C10H18O. The number of hydrogen-bond acceptors (Lipinski definition) is 1. The lowest BCUT2D eigenvalue weighted by atomic mass is 9.71. The van der Waals surface area contributed by atoms with Crippen molar-refractivity contribution in [3.05, 3.63) is 11.6 Å². The molecule has 1 aliphatic rings. The molecule has 0 fully saturated rings. The Hall–Kier alpha value is -0.300. The number of aliphatic hydroxyl groups excluding tert-OH is 1. The van der Waals surface area contributed by atoms with Crippen molar-refractivity contribution in [2.75, 3.05) is 6.61 Å².